The van der Waals surface area contributed by atoms with Crippen LogP contribution in [0, 0.1) is 0 Å². The van der Waals surface area contributed by atoms with Crippen molar-refractivity contribution >= 4 is 17.3 Å². The fraction of sp³-hybridized carbons (Fsp3) is 0. The molecular formula is C5H4N2O4S. The van der Waals surface area contributed by atoms with Crippen molar-refractivity contribution in [3.8, 4) is 0 Å². The molecule has 1 aromatic rings. The summed E-state index contributed by atoms with van der Waals surface area (Å²) >= 11 is -2.61. The third-order valence-electron chi connectivity index (χ3n) is 0.919. The first-order chi connectivity index (χ1) is 5.70. The third kappa shape index (κ3) is 2.36. The molecule has 0 aliphatic heterocycles. The summed E-state index contributed by atoms with van der Waals surface area (Å²) in [7, 11) is 0. The van der Waals surface area contributed by atoms with Crippen LogP contribution in [0.5, 0.6) is 0 Å². The Bertz CT molecular complexity index is 302. The van der Waals surface area contributed by atoms with E-state index < -0.39 is 17.3 Å². The van der Waals surface area contributed by atoms with Gasteiger partial charge in [0.05, 0.1) is 6.20 Å². The Kier molecular flexibility index (Phi) is 2.83. The molecule has 1 unspecified atom stereocenters. The predicted octanol–water partition coefficient (Wildman–Crippen LogP) is -0.230. The van der Waals surface area contributed by atoms with E-state index in [-0.39, 0.29) is 5.69 Å². The van der Waals surface area contributed by atoms with E-state index in [1.165, 1.54) is 12.4 Å². The van der Waals surface area contributed by atoms with Crippen LogP contribution < -0.4 is 0 Å². The quantitative estimate of drug-likeness (QED) is 0.645. The number of rotatable bonds is 2. The molecule has 0 bridgehead atoms. The van der Waals surface area contributed by atoms with Gasteiger partial charge in [0.25, 0.3) is 0 Å². The number of nitrogens with zero attached hydrogens (tertiary/aromatic N) is 2. The minimum absolute atomic E-state index is 0.111. The van der Waals surface area contributed by atoms with E-state index in [4.69, 9.17) is 4.55 Å². The molecule has 0 saturated heterocycles. The second-order valence-corrected chi connectivity index (χ2v) is 2.28. The molecule has 0 saturated carbocycles. The summed E-state index contributed by atoms with van der Waals surface area (Å²) < 4.78 is 22.1. The molecule has 0 spiro atoms. The zero-order valence-corrected chi connectivity index (χ0v) is 6.52. The van der Waals surface area contributed by atoms with E-state index >= 15 is 0 Å². The van der Waals surface area contributed by atoms with Crippen molar-refractivity contribution in [1.29, 1.82) is 0 Å². The Morgan fingerprint density at radius 2 is 2.33 bits per heavy atom. The van der Waals surface area contributed by atoms with Gasteiger partial charge in [-0.2, -0.15) is 4.21 Å². The van der Waals surface area contributed by atoms with E-state index in [1.54, 1.807) is 0 Å². The van der Waals surface area contributed by atoms with Gasteiger partial charge in [-0.15, -0.1) is 0 Å². The van der Waals surface area contributed by atoms with Crippen LogP contribution in [0.25, 0.3) is 0 Å². The molecule has 0 aliphatic rings. The molecule has 0 amide bonds. The lowest BCUT2D eigenvalue weighted by atomic mass is 10.5. The van der Waals surface area contributed by atoms with Crippen molar-refractivity contribution in [2.24, 2.45) is 0 Å². The first kappa shape index (κ1) is 8.75. The molecule has 7 heteroatoms. The molecule has 1 N–H and O–H groups in total. The molecule has 0 fully saturated rings. The molecule has 12 heavy (non-hydrogen) atoms. The fourth-order valence-corrected chi connectivity index (χ4v) is 0.727. The largest absolute Gasteiger partial charge is 0.374 e. The standard InChI is InChI=1S/C5H4N2O4S/c8-5(11-12(9)10)4-3-6-1-2-7-4/h1-3H,(H,9,10). The number of hydrogen-bond donors (Lipinski definition) is 1. The Hall–Kier alpha value is -1.34. The van der Waals surface area contributed by atoms with Crippen LogP contribution in [0.3, 0.4) is 0 Å². The van der Waals surface area contributed by atoms with Gasteiger partial charge in [0.15, 0.2) is 5.69 Å². The molecule has 0 aliphatic carbocycles. The average molecular weight is 188 g/mol. The molecular weight excluding hydrogens is 184 g/mol. The van der Waals surface area contributed by atoms with Crippen LogP contribution in [0.2, 0.25) is 0 Å². The summed E-state index contributed by atoms with van der Waals surface area (Å²) in [4.78, 5) is 17.9. The summed E-state index contributed by atoms with van der Waals surface area (Å²) in [5, 5.41) is 0. The molecule has 1 aromatic heterocycles. The van der Waals surface area contributed by atoms with Crippen LogP contribution >= 0.6 is 0 Å². The predicted molar refractivity (Wildman–Crippen MR) is 38.2 cm³/mol. The highest BCUT2D eigenvalue weighted by atomic mass is 32.2. The minimum Gasteiger partial charge on any atom is -0.338 e. The van der Waals surface area contributed by atoms with Crippen molar-refractivity contribution in [2.45, 2.75) is 0 Å². The number of aromatic nitrogens is 2. The lowest BCUT2D eigenvalue weighted by Crippen LogP contribution is -2.08. The molecule has 6 nitrogen and oxygen atoms in total. The van der Waals surface area contributed by atoms with Gasteiger partial charge in [-0.05, 0) is 0 Å². The van der Waals surface area contributed by atoms with E-state index in [1.807, 2.05) is 0 Å². The van der Waals surface area contributed by atoms with Crippen molar-refractivity contribution in [2.75, 3.05) is 0 Å². The lowest BCUT2D eigenvalue weighted by molar-refractivity contribution is 0.0737. The summed E-state index contributed by atoms with van der Waals surface area (Å²) in [5.41, 5.74) is -0.111. The maximum atomic E-state index is 10.8. The van der Waals surface area contributed by atoms with E-state index in [0.717, 1.165) is 6.20 Å². The van der Waals surface area contributed by atoms with Crippen LogP contribution in [-0.2, 0) is 15.5 Å². The Morgan fingerprint density at radius 3 is 2.83 bits per heavy atom. The van der Waals surface area contributed by atoms with Gasteiger partial charge >= 0.3 is 17.3 Å². The Morgan fingerprint density at radius 1 is 1.58 bits per heavy atom. The van der Waals surface area contributed by atoms with Gasteiger partial charge < -0.3 is 4.18 Å². The van der Waals surface area contributed by atoms with Crippen molar-refractivity contribution in [3.63, 3.8) is 0 Å². The van der Waals surface area contributed by atoms with Crippen molar-refractivity contribution in [3.05, 3.63) is 24.3 Å². The van der Waals surface area contributed by atoms with Gasteiger partial charge in [-0.3, -0.25) is 9.54 Å². The maximum Gasteiger partial charge on any atom is 0.374 e. The van der Waals surface area contributed by atoms with Crippen LogP contribution in [0.15, 0.2) is 18.6 Å². The summed E-state index contributed by atoms with van der Waals surface area (Å²) in [6.45, 7) is 0. The first-order valence-electron chi connectivity index (χ1n) is 2.79. The maximum absolute atomic E-state index is 10.8. The Balaban J connectivity index is 2.73. The second kappa shape index (κ2) is 3.88. The molecule has 0 radical (unpaired) electrons. The zero-order valence-electron chi connectivity index (χ0n) is 5.71. The number of carbonyl (C=O) groups is 1. The summed E-state index contributed by atoms with van der Waals surface area (Å²) in [5.74, 6) is -0.982. The van der Waals surface area contributed by atoms with E-state index in [9.17, 15) is 9.00 Å². The zero-order chi connectivity index (χ0) is 8.97. The summed E-state index contributed by atoms with van der Waals surface area (Å²) in [6.07, 6.45) is 3.78. The monoisotopic (exact) mass is 188 g/mol. The molecule has 64 valence electrons. The molecule has 1 rings (SSSR count). The highest BCUT2D eigenvalue weighted by Gasteiger charge is 2.10. The topological polar surface area (TPSA) is 89.4 Å². The highest BCUT2D eigenvalue weighted by molar-refractivity contribution is 7.74. The van der Waals surface area contributed by atoms with Crippen LogP contribution in [0.1, 0.15) is 10.5 Å². The average Bonchev–Trinajstić information content (AvgIpc) is 2.05. The summed E-state index contributed by atoms with van der Waals surface area (Å²) in [6, 6.07) is 0. The SMILES string of the molecule is O=C(OS(=O)O)c1cnccn1. The van der Waals surface area contributed by atoms with Gasteiger partial charge in [-0.25, -0.2) is 9.78 Å². The van der Waals surface area contributed by atoms with Crippen LogP contribution in [0.4, 0.5) is 0 Å². The third-order valence-corrected chi connectivity index (χ3v) is 1.21. The first-order valence-corrected chi connectivity index (χ1v) is 3.83. The molecule has 1 atom stereocenters. The van der Waals surface area contributed by atoms with Gasteiger partial charge in [0.1, 0.15) is 0 Å². The highest BCUT2D eigenvalue weighted by Crippen LogP contribution is 1.94. The van der Waals surface area contributed by atoms with Gasteiger partial charge in [0.2, 0.25) is 0 Å². The molecule has 0 aromatic carbocycles. The number of carbonyl (C=O) groups excluding carboxylic acids is 1. The Labute approximate surface area is 70.1 Å². The van der Waals surface area contributed by atoms with E-state index in [2.05, 4.69) is 14.2 Å². The fourth-order valence-electron chi connectivity index (χ4n) is 0.512. The van der Waals surface area contributed by atoms with Crippen LogP contribution in [-0.4, -0.2) is 24.7 Å². The second-order valence-electron chi connectivity index (χ2n) is 1.68. The minimum atomic E-state index is -2.61. The molecule has 1 heterocycles. The number of hydrogen-bond acceptors (Lipinski definition) is 5. The van der Waals surface area contributed by atoms with Gasteiger partial charge in [0, 0.05) is 12.4 Å². The lowest BCUT2D eigenvalue weighted by Gasteiger charge is -1.95. The van der Waals surface area contributed by atoms with E-state index in [0.29, 0.717) is 0 Å². The van der Waals surface area contributed by atoms with Crippen molar-refractivity contribution < 1.29 is 17.7 Å². The smallest absolute Gasteiger partial charge is 0.338 e. The van der Waals surface area contributed by atoms with Crippen molar-refractivity contribution in [1.82, 2.24) is 9.97 Å². The normalized spacial score (nSPS) is 12.1. The van der Waals surface area contributed by atoms with Gasteiger partial charge in [-0.1, -0.05) is 0 Å².